The van der Waals surface area contributed by atoms with Crippen LogP contribution in [0.1, 0.15) is 10.4 Å². The number of aromatic nitrogens is 3. The first-order valence-corrected chi connectivity index (χ1v) is 8.13. The lowest BCUT2D eigenvalue weighted by Gasteiger charge is -2.04. The summed E-state index contributed by atoms with van der Waals surface area (Å²) in [5, 5.41) is 17.4. The van der Waals surface area contributed by atoms with Crippen molar-refractivity contribution < 1.29 is 9.90 Å². The van der Waals surface area contributed by atoms with E-state index < -0.39 is 5.97 Å². The summed E-state index contributed by atoms with van der Waals surface area (Å²) < 4.78 is 1.68. The summed E-state index contributed by atoms with van der Waals surface area (Å²) in [6.07, 6.45) is 1.79. The molecule has 0 aliphatic rings. The maximum absolute atomic E-state index is 11.1. The van der Waals surface area contributed by atoms with Crippen molar-refractivity contribution in [2.75, 3.05) is 0 Å². The van der Waals surface area contributed by atoms with Crippen LogP contribution in [0.25, 0.3) is 28.1 Å². The number of carbonyl (C=O) groups is 1. The molecule has 0 radical (unpaired) electrons. The predicted octanol–water partition coefficient (Wildman–Crippen LogP) is 4.30. The lowest BCUT2D eigenvalue weighted by atomic mass is 10.1. The highest BCUT2D eigenvalue weighted by Crippen LogP contribution is 2.22. The summed E-state index contributed by atoms with van der Waals surface area (Å²) in [7, 11) is 0. The van der Waals surface area contributed by atoms with Crippen molar-refractivity contribution in [2.45, 2.75) is 0 Å². The van der Waals surface area contributed by atoms with Crippen LogP contribution in [-0.4, -0.2) is 26.1 Å². The quantitative estimate of drug-likeness (QED) is 0.601. The van der Waals surface area contributed by atoms with Gasteiger partial charge in [0, 0.05) is 5.56 Å². The van der Waals surface area contributed by atoms with Crippen molar-refractivity contribution in [2.24, 2.45) is 0 Å². The van der Waals surface area contributed by atoms with Gasteiger partial charge in [0.2, 0.25) is 0 Å². The fourth-order valence-electron chi connectivity index (χ4n) is 2.77. The third-order valence-corrected chi connectivity index (χ3v) is 4.14. The number of carboxylic acid groups (broad SMARTS) is 1. The molecule has 0 aliphatic carbocycles. The fraction of sp³-hybridized carbons (Fsp3) is 0. The lowest BCUT2D eigenvalue weighted by molar-refractivity contribution is 0.0697. The SMILES string of the molecule is O=C(O)c1cccc(-c2cn(-c3ccc(-c4ccccc4)cc3)nn2)c1. The minimum absolute atomic E-state index is 0.226. The van der Waals surface area contributed by atoms with E-state index in [1.54, 1.807) is 29.1 Å². The van der Waals surface area contributed by atoms with Gasteiger partial charge in [-0.1, -0.05) is 59.8 Å². The molecule has 3 aromatic carbocycles. The molecule has 1 N–H and O–H groups in total. The first-order chi connectivity index (χ1) is 12.7. The molecule has 0 fully saturated rings. The molecule has 0 atom stereocenters. The van der Waals surface area contributed by atoms with Crippen LogP contribution < -0.4 is 0 Å². The third kappa shape index (κ3) is 3.10. The third-order valence-electron chi connectivity index (χ3n) is 4.14. The van der Waals surface area contributed by atoms with Crippen molar-refractivity contribution in [3.05, 3.63) is 90.6 Å². The lowest BCUT2D eigenvalue weighted by Crippen LogP contribution is -1.95. The maximum atomic E-state index is 11.1. The van der Waals surface area contributed by atoms with Crippen molar-refractivity contribution in [3.8, 4) is 28.1 Å². The van der Waals surface area contributed by atoms with Gasteiger partial charge in [-0.05, 0) is 35.4 Å². The Morgan fingerprint density at radius 2 is 1.50 bits per heavy atom. The molecular formula is C21H15N3O2. The molecule has 5 heteroatoms. The molecule has 1 heterocycles. The van der Waals surface area contributed by atoms with Gasteiger partial charge in [0.05, 0.1) is 17.4 Å². The second-order valence-corrected chi connectivity index (χ2v) is 5.85. The normalized spacial score (nSPS) is 10.6. The summed E-state index contributed by atoms with van der Waals surface area (Å²) in [6, 6.07) is 24.9. The minimum atomic E-state index is -0.962. The highest BCUT2D eigenvalue weighted by molar-refractivity contribution is 5.89. The molecule has 1 aromatic heterocycles. The first-order valence-electron chi connectivity index (χ1n) is 8.13. The zero-order chi connectivity index (χ0) is 17.9. The fourth-order valence-corrected chi connectivity index (χ4v) is 2.77. The minimum Gasteiger partial charge on any atom is -0.478 e. The summed E-state index contributed by atoms with van der Waals surface area (Å²) in [4.78, 5) is 11.1. The molecular weight excluding hydrogens is 326 g/mol. The zero-order valence-corrected chi connectivity index (χ0v) is 13.8. The smallest absolute Gasteiger partial charge is 0.335 e. The number of benzene rings is 3. The van der Waals surface area contributed by atoms with E-state index >= 15 is 0 Å². The monoisotopic (exact) mass is 341 g/mol. The van der Waals surface area contributed by atoms with Gasteiger partial charge in [0.25, 0.3) is 0 Å². The molecule has 0 amide bonds. The Balaban J connectivity index is 1.62. The van der Waals surface area contributed by atoms with Crippen LogP contribution in [-0.2, 0) is 0 Å². The van der Waals surface area contributed by atoms with E-state index in [1.807, 2.05) is 48.5 Å². The van der Waals surface area contributed by atoms with Gasteiger partial charge < -0.3 is 5.11 Å². The molecule has 0 bridgehead atoms. The van der Waals surface area contributed by atoms with Gasteiger partial charge in [-0.25, -0.2) is 9.48 Å². The van der Waals surface area contributed by atoms with E-state index in [2.05, 4.69) is 22.4 Å². The van der Waals surface area contributed by atoms with Gasteiger partial charge in [-0.15, -0.1) is 5.10 Å². The van der Waals surface area contributed by atoms with Crippen molar-refractivity contribution in [1.29, 1.82) is 0 Å². The Bertz CT molecular complexity index is 1050. The zero-order valence-electron chi connectivity index (χ0n) is 13.8. The highest BCUT2D eigenvalue weighted by Gasteiger charge is 2.09. The summed E-state index contributed by atoms with van der Waals surface area (Å²) in [6.45, 7) is 0. The van der Waals surface area contributed by atoms with Gasteiger partial charge in [-0.3, -0.25) is 0 Å². The Morgan fingerprint density at radius 3 is 2.23 bits per heavy atom. The van der Waals surface area contributed by atoms with Gasteiger partial charge in [0.15, 0.2) is 0 Å². The van der Waals surface area contributed by atoms with Gasteiger partial charge >= 0.3 is 5.97 Å². The second-order valence-electron chi connectivity index (χ2n) is 5.85. The Morgan fingerprint density at radius 1 is 0.808 bits per heavy atom. The number of rotatable bonds is 4. The van der Waals surface area contributed by atoms with Crippen LogP contribution in [0.15, 0.2) is 85.1 Å². The highest BCUT2D eigenvalue weighted by atomic mass is 16.4. The van der Waals surface area contributed by atoms with Crippen LogP contribution in [0.5, 0.6) is 0 Å². The maximum Gasteiger partial charge on any atom is 0.335 e. The van der Waals surface area contributed by atoms with Crippen molar-refractivity contribution in [1.82, 2.24) is 15.0 Å². The molecule has 0 saturated carbocycles. The second kappa shape index (κ2) is 6.64. The van der Waals surface area contributed by atoms with Crippen molar-refractivity contribution in [3.63, 3.8) is 0 Å². The van der Waals surface area contributed by atoms with E-state index in [4.69, 9.17) is 5.11 Å². The number of hydrogen-bond donors (Lipinski definition) is 1. The standard InChI is InChI=1S/C21H15N3O2/c25-21(26)18-8-4-7-17(13-18)20-14-24(23-22-20)19-11-9-16(10-12-19)15-5-2-1-3-6-15/h1-14H,(H,25,26). The molecule has 0 spiro atoms. The summed E-state index contributed by atoms with van der Waals surface area (Å²) in [5.74, 6) is -0.962. The molecule has 126 valence electrons. The van der Waals surface area contributed by atoms with Gasteiger partial charge in [0.1, 0.15) is 5.69 Å². The van der Waals surface area contributed by atoms with Gasteiger partial charge in [-0.2, -0.15) is 0 Å². The summed E-state index contributed by atoms with van der Waals surface area (Å²) in [5.41, 5.74) is 4.74. The number of nitrogens with zero attached hydrogens (tertiary/aromatic N) is 3. The number of carboxylic acids is 1. The molecule has 5 nitrogen and oxygen atoms in total. The van der Waals surface area contributed by atoms with E-state index in [9.17, 15) is 4.79 Å². The average molecular weight is 341 g/mol. The molecule has 4 rings (SSSR count). The topological polar surface area (TPSA) is 68.0 Å². The Kier molecular flexibility index (Phi) is 4.03. The van der Waals surface area contributed by atoms with Crippen LogP contribution in [0.2, 0.25) is 0 Å². The average Bonchev–Trinajstić information content (AvgIpc) is 3.19. The van der Waals surface area contributed by atoms with E-state index in [0.717, 1.165) is 22.4 Å². The molecule has 0 saturated heterocycles. The Labute approximate surface area is 150 Å². The van der Waals surface area contributed by atoms with E-state index in [1.165, 1.54) is 0 Å². The molecule has 4 aromatic rings. The predicted molar refractivity (Wildman–Crippen MR) is 99.2 cm³/mol. The van der Waals surface area contributed by atoms with E-state index in [0.29, 0.717) is 5.69 Å². The van der Waals surface area contributed by atoms with E-state index in [-0.39, 0.29) is 5.56 Å². The van der Waals surface area contributed by atoms with Crippen molar-refractivity contribution >= 4 is 5.97 Å². The summed E-state index contributed by atoms with van der Waals surface area (Å²) >= 11 is 0. The Hall–Kier alpha value is -3.73. The number of aromatic carboxylic acids is 1. The molecule has 0 unspecified atom stereocenters. The largest absolute Gasteiger partial charge is 0.478 e. The van der Waals surface area contributed by atoms with Crippen LogP contribution >= 0.6 is 0 Å². The van der Waals surface area contributed by atoms with Crippen LogP contribution in [0.3, 0.4) is 0 Å². The first kappa shape index (κ1) is 15.8. The number of hydrogen-bond acceptors (Lipinski definition) is 3. The van der Waals surface area contributed by atoms with Crippen LogP contribution in [0.4, 0.5) is 0 Å². The van der Waals surface area contributed by atoms with Crippen LogP contribution in [0, 0.1) is 0 Å². The molecule has 26 heavy (non-hydrogen) atoms. The molecule has 0 aliphatic heterocycles.